The standard InChI is InChI=1S/C20H22N3.BF4/c1-14-11-15(2)20(16(3)12-14)23-13-22-18(9-10-19(22)21-23)17-7-5-4-6-8-17;2-1(3,4)5/h4-8,11-13,18H,9-10H2,1-3H3;/q+1;-1/t18-;/m0./s1. The molecule has 0 unspecified atom stereocenters. The molecule has 4 rings (SSSR count). The molecule has 3 nitrogen and oxygen atoms in total. The van der Waals surface area contributed by atoms with E-state index in [-0.39, 0.29) is 0 Å². The molecule has 28 heavy (non-hydrogen) atoms. The van der Waals surface area contributed by atoms with Gasteiger partial charge in [0.1, 0.15) is 11.7 Å². The molecule has 0 aliphatic carbocycles. The normalized spacial score (nSPS) is 15.8. The Hall–Kier alpha value is -2.64. The summed E-state index contributed by atoms with van der Waals surface area (Å²) in [6.45, 7) is 6.48. The molecule has 148 valence electrons. The summed E-state index contributed by atoms with van der Waals surface area (Å²) < 4.78 is 43.4. The van der Waals surface area contributed by atoms with E-state index in [0.717, 1.165) is 12.8 Å². The van der Waals surface area contributed by atoms with E-state index in [4.69, 9.17) is 5.10 Å². The van der Waals surface area contributed by atoms with Crippen LogP contribution in [-0.2, 0) is 6.42 Å². The molecular weight excluding hydrogens is 369 g/mol. The molecule has 8 heteroatoms. The Morgan fingerprint density at radius 3 is 2.14 bits per heavy atom. The van der Waals surface area contributed by atoms with Crippen LogP contribution in [0.25, 0.3) is 5.69 Å². The number of aromatic nitrogens is 3. The molecule has 0 amide bonds. The highest BCUT2D eigenvalue weighted by atomic mass is 19.5. The quantitative estimate of drug-likeness (QED) is 0.345. The number of aryl methyl sites for hydroxylation is 4. The smallest absolute Gasteiger partial charge is 0.418 e. The summed E-state index contributed by atoms with van der Waals surface area (Å²) >= 11 is 0. The summed E-state index contributed by atoms with van der Waals surface area (Å²) in [6.07, 6.45) is 4.35. The van der Waals surface area contributed by atoms with Gasteiger partial charge in [0.2, 0.25) is 6.33 Å². The van der Waals surface area contributed by atoms with Crippen LogP contribution in [0.3, 0.4) is 0 Å². The number of fused-ring (bicyclic) bond motifs is 1. The van der Waals surface area contributed by atoms with Crippen molar-refractivity contribution in [1.29, 1.82) is 0 Å². The first kappa shape index (κ1) is 20.1. The van der Waals surface area contributed by atoms with E-state index in [1.165, 1.54) is 33.8 Å². The van der Waals surface area contributed by atoms with Crippen molar-refractivity contribution >= 4 is 7.25 Å². The van der Waals surface area contributed by atoms with E-state index in [1.54, 1.807) is 0 Å². The topological polar surface area (TPSA) is 21.7 Å². The lowest BCUT2D eigenvalue weighted by Gasteiger charge is -2.09. The van der Waals surface area contributed by atoms with Gasteiger partial charge in [-0.2, -0.15) is 0 Å². The summed E-state index contributed by atoms with van der Waals surface area (Å²) in [7, 11) is -6.00. The Balaban J connectivity index is 0.000000403. The highest BCUT2D eigenvalue weighted by Crippen LogP contribution is 2.26. The molecule has 1 aliphatic rings. The van der Waals surface area contributed by atoms with Crippen LogP contribution in [0.5, 0.6) is 0 Å². The first-order chi connectivity index (χ1) is 13.1. The molecule has 2 heterocycles. The van der Waals surface area contributed by atoms with Crippen molar-refractivity contribution in [2.75, 3.05) is 0 Å². The fraction of sp³-hybridized carbons (Fsp3) is 0.300. The third kappa shape index (κ3) is 4.61. The largest absolute Gasteiger partial charge is 0.673 e. The molecule has 1 atom stereocenters. The number of benzene rings is 2. The molecule has 0 saturated carbocycles. The zero-order valence-corrected chi connectivity index (χ0v) is 16.0. The van der Waals surface area contributed by atoms with Gasteiger partial charge in [-0.1, -0.05) is 52.7 Å². The van der Waals surface area contributed by atoms with Crippen LogP contribution in [0.15, 0.2) is 48.8 Å². The van der Waals surface area contributed by atoms with Gasteiger partial charge in [0.05, 0.1) is 0 Å². The fourth-order valence-electron chi connectivity index (χ4n) is 3.87. The van der Waals surface area contributed by atoms with E-state index >= 15 is 0 Å². The third-order valence-corrected chi connectivity index (χ3v) is 4.78. The van der Waals surface area contributed by atoms with E-state index in [0.29, 0.717) is 6.04 Å². The van der Waals surface area contributed by atoms with Crippen molar-refractivity contribution in [3.05, 3.63) is 76.9 Å². The predicted octanol–water partition coefficient (Wildman–Crippen LogP) is 4.92. The molecule has 3 aromatic rings. The second-order valence-electron chi connectivity index (χ2n) is 7.09. The molecule has 1 aromatic heterocycles. The molecule has 0 spiro atoms. The Bertz CT molecular complexity index is 938. The van der Waals surface area contributed by atoms with Gasteiger partial charge < -0.3 is 17.3 Å². The van der Waals surface area contributed by atoms with Crippen LogP contribution in [-0.4, -0.2) is 17.0 Å². The second kappa shape index (κ2) is 7.77. The SMILES string of the molecule is Cc1cc(C)c(-n2c[n+]3c(n2)CC[C@H]3c2ccccc2)c(C)c1.F[B-](F)(F)F. The van der Waals surface area contributed by atoms with Crippen molar-refractivity contribution in [1.82, 2.24) is 9.78 Å². The van der Waals surface area contributed by atoms with Crippen molar-refractivity contribution in [2.24, 2.45) is 0 Å². The van der Waals surface area contributed by atoms with Crippen molar-refractivity contribution in [2.45, 2.75) is 39.7 Å². The van der Waals surface area contributed by atoms with Crippen molar-refractivity contribution in [3.8, 4) is 5.69 Å². The minimum Gasteiger partial charge on any atom is -0.418 e. The lowest BCUT2D eigenvalue weighted by molar-refractivity contribution is -0.707. The van der Waals surface area contributed by atoms with Crippen LogP contribution >= 0.6 is 0 Å². The Kier molecular flexibility index (Phi) is 5.58. The zero-order valence-electron chi connectivity index (χ0n) is 16.0. The molecule has 2 aromatic carbocycles. The minimum atomic E-state index is -6.00. The lowest BCUT2D eigenvalue weighted by Crippen LogP contribution is -2.36. The molecule has 0 radical (unpaired) electrons. The van der Waals surface area contributed by atoms with Crippen LogP contribution in [0.4, 0.5) is 17.3 Å². The summed E-state index contributed by atoms with van der Waals surface area (Å²) in [5.74, 6) is 1.18. The molecule has 0 bridgehead atoms. The number of hydrogen-bond donors (Lipinski definition) is 0. The van der Waals surface area contributed by atoms with Gasteiger partial charge in [0, 0.05) is 11.5 Å². The van der Waals surface area contributed by atoms with Crippen LogP contribution in [0.1, 0.15) is 40.5 Å². The predicted molar refractivity (Wildman–Crippen MR) is 101 cm³/mol. The molecule has 0 N–H and O–H groups in total. The molecular formula is C20H22BF4N3. The molecule has 1 aliphatic heterocycles. The van der Waals surface area contributed by atoms with Crippen molar-refractivity contribution in [3.63, 3.8) is 0 Å². The zero-order chi connectivity index (χ0) is 20.5. The lowest BCUT2D eigenvalue weighted by atomic mass is 10.0. The van der Waals surface area contributed by atoms with Gasteiger partial charge >= 0.3 is 7.25 Å². The second-order valence-corrected chi connectivity index (χ2v) is 7.09. The van der Waals surface area contributed by atoms with E-state index in [2.05, 4.69) is 78.8 Å². The maximum absolute atomic E-state index is 9.75. The number of halogens is 4. The Morgan fingerprint density at radius 2 is 1.57 bits per heavy atom. The van der Waals surface area contributed by atoms with Gasteiger partial charge in [-0.3, -0.25) is 0 Å². The summed E-state index contributed by atoms with van der Waals surface area (Å²) in [5.41, 5.74) is 6.44. The number of nitrogens with zero attached hydrogens (tertiary/aromatic N) is 3. The molecule has 0 saturated heterocycles. The van der Waals surface area contributed by atoms with Crippen LogP contribution in [0, 0.1) is 20.8 Å². The highest BCUT2D eigenvalue weighted by molar-refractivity contribution is 6.50. The van der Waals surface area contributed by atoms with E-state index in [1.807, 2.05) is 0 Å². The van der Waals surface area contributed by atoms with E-state index < -0.39 is 7.25 Å². The highest BCUT2D eigenvalue weighted by Gasteiger charge is 2.33. The third-order valence-electron chi connectivity index (χ3n) is 4.78. The van der Waals surface area contributed by atoms with Gasteiger partial charge in [0.15, 0.2) is 0 Å². The monoisotopic (exact) mass is 391 g/mol. The van der Waals surface area contributed by atoms with Gasteiger partial charge in [-0.05, 0) is 43.9 Å². The summed E-state index contributed by atoms with van der Waals surface area (Å²) in [4.78, 5) is 0. The molecule has 0 fully saturated rings. The average molecular weight is 391 g/mol. The first-order valence-corrected chi connectivity index (χ1v) is 9.13. The Labute approximate surface area is 161 Å². The van der Waals surface area contributed by atoms with Gasteiger partial charge in [-0.15, -0.1) is 0 Å². The number of rotatable bonds is 2. The number of hydrogen-bond acceptors (Lipinski definition) is 1. The Morgan fingerprint density at radius 1 is 1.00 bits per heavy atom. The summed E-state index contributed by atoms with van der Waals surface area (Å²) in [6, 6.07) is 15.6. The average Bonchev–Trinajstić information content (AvgIpc) is 3.13. The minimum absolute atomic E-state index is 0.408. The van der Waals surface area contributed by atoms with Gasteiger partial charge in [0.25, 0.3) is 5.82 Å². The van der Waals surface area contributed by atoms with Crippen molar-refractivity contribution < 1.29 is 21.8 Å². The van der Waals surface area contributed by atoms with E-state index in [9.17, 15) is 17.3 Å². The summed E-state index contributed by atoms with van der Waals surface area (Å²) in [5, 5.41) is 4.87. The first-order valence-electron chi connectivity index (χ1n) is 9.13. The fourth-order valence-corrected chi connectivity index (χ4v) is 3.87. The maximum Gasteiger partial charge on any atom is 0.673 e. The van der Waals surface area contributed by atoms with Crippen LogP contribution < -0.4 is 4.57 Å². The maximum atomic E-state index is 9.75. The van der Waals surface area contributed by atoms with Gasteiger partial charge in [-0.25, -0.2) is 4.57 Å². The van der Waals surface area contributed by atoms with Crippen LogP contribution in [0.2, 0.25) is 0 Å².